The second kappa shape index (κ2) is 16.3. The number of aromatic nitrogens is 7. The number of halogens is 1. The van der Waals surface area contributed by atoms with Crippen LogP contribution < -0.4 is 30.9 Å². The summed E-state index contributed by atoms with van der Waals surface area (Å²) in [4.78, 5) is 59.9. The fourth-order valence-corrected chi connectivity index (χ4v) is 8.79. The molecule has 3 N–H and O–H groups in total. The molecule has 0 unspecified atom stereocenters. The maximum Gasteiger partial charge on any atom is 0.329 e. The van der Waals surface area contributed by atoms with Gasteiger partial charge in [-0.3, -0.25) is 29.4 Å². The normalized spacial score (nSPS) is 17.0. The zero-order valence-electron chi connectivity index (χ0n) is 35.1. The molecular weight excluding hydrogens is 794 g/mol. The Balaban J connectivity index is 0.797. The molecule has 0 saturated carbocycles. The van der Waals surface area contributed by atoms with E-state index in [1.807, 2.05) is 18.2 Å². The van der Waals surface area contributed by atoms with Gasteiger partial charge < -0.3 is 20.2 Å². The number of aliphatic hydroxyl groups is 1. The van der Waals surface area contributed by atoms with E-state index in [0.29, 0.717) is 56.8 Å². The lowest BCUT2D eigenvalue weighted by molar-refractivity contribution is -0.120. The Kier molecular flexibility index (Phi) is 10.7. The van der Waals surface area contributed by atoms with E-state index in [4.69, 9.17) is 4.98 Å². The molecule has 0 spiro atoms. The molecule has 18 heteroatoms. The topological polar surface area (TPSA) is 175 Å². The number of rotatable bonds is 11. The first-order valence-electron chi connectivity index (χ1n) is 21.0. The Hall–Kier alpha value is -6.66. The Bertz CT molecular complexity index is 2740. The first-order chi connectivity index (χ1) is 29.9. The van der Waals surface area contributed by atoms with Crippen LogP contribution in [0, 0.1) is 11.7 Å². The number of piperidine rings is 1. The average Bonchev–Trinajstić information content (AvgIpc) is 3.74. The number of benzene rings is 2. The molecule has 322 valence electrons. The number of hydrogen-bond donors (Lipinski definition) is 3. The largest absolute Gasteiger partial charge is 0.384 e. The van der Waals surface area contributed by atoms with Gasteiger partial charge in [-0.05, 0) is 81.1 Å². The van der Waals surface area contributed by atoms with Gasteiger partial charge in [0.25, 0.3) is 5.56 Å². The highest BCUT2D eigenvalue weighted by Gasteiger charge is 2.31. The summed E-state index contributed by atoms with van der Waals surface area (Å²) in [6.45, 7) is 13.8. The lowest BCUT2D eigenvalue weighted by Crippen LogP contribution is -2.49. The molecule has 6 aromatic rings. The number of imide groups is 1. The standard InChI is InChI=1S/C44H50FN13O4/c1-5-18-57-41(60)32-26-46-42(50-39(32)58(57)35-8-6-7-34(48-35)44(2,3)62)47-29-9-11-30(12-10-29)54-24-22-53(23-25-54)27-28-15-19-55(20-16-28)33-14-13-31-38(37(33)45)52(4)51-40(31)56-21-17-36(59)49-43(56)61/h5-14,26,28,62H,1,15-25,27H2,2-4H3,(H,46,47,50)(H,49,59,61). The molecule has 7 heterocycles. The van der Waals surface area contributed by atoms with Gasteiger partial charge in [-0.1, -0.05) is 12.1 Å². The third-order valence-electron chi connectivity index (χ3n) is 12.1. The summed E-state index contributed by atoms with van der Waals surface area (Å²) in [5.41, 5.74) is 2.20. The van der Waals surface area contributed by atoms with Crippen LogP contribution in [0.3, 0.4) is 0 Å². The number of urea groups is 1. The van der Waals surface area contributed by atoms with Gasteiger partial charge in [0.15, 0.2) is 23.1 Å². The minimum absolute atomic E-state index is 0.168. The van der Waals surface area contributed by atoms with E-state index in [1.165, 1.54) is 20.5 Å². The monoisotopic (exact) mass is 843 g/mol. The summed E-state index contributed by atoms with van der Waals surface area (Å²) in [7, 11) is 1.67. The summed E-state index contributed by atoms with van der Waals surface area (Å²) in [6, 6.07) is 16.5. The van der Waals surface area contributed by atoms with Crippen molar-refractivity contribution in [2.75, 3.05) is 72.4 Å². The summed E-state index contributed by atoms with van der Waals surface area (Å²) in [6.07, 6.45) is 5.25. The lowest BCUT2D eigenvalue weighted by Gasteiger charge is -2.40. The highest BCUT2D eigenvalue weighted by molar-refractivity contribution is 6.09. The molecular formula is C44H50FN13O4. The predicted molar refractivity (Wildman–Crippen MR) is 236 cm³/mol. The van der Waals surface area contributed by atoms with Crippen LogP contribution in [0.4, 0.5) is 38.0 Å². The molecule has 3 fully saturated rings. The molecule has 0 atom stereocenters. The lowest BCUT2D eigenvalue weighted by atomic mass is 9.95. The van der Waals surface area contributed by atoms with Crippen LogP contribution in [-0.2, 0) is 24.0 Å². The van der Waals surface area contributed by atoms with E-state index in [2.05, 4.69) is 59.1 Å². The second-order valence-electron chi connectivity index (χ2n) is 16.7. The van der Waals surface area contributed by atoms with Crippen LogP contribution in [-0.4, -0.2) is 108 Å². The summed E-state index contributed by atoms with van der Waals surface area (Å²) in [5.74, 6) is 0.953. The van der Waals surface area contributed by atoms with Crippen LogP contribution >= 0.6 is 0 Å². The number of pyridine rings is 1. The number of aryl methyl sites for hydroxylation is 1. The van der Waals surface area contributed by atoms with E-state index in [0.717, 1.165) is 70.0 Å². The number of nitrogens with one attached hydrogen (secondary N) is 2. The van der Waals surface area contributed by atoms with E-state index >= 15 is 4.39 Å². The molecule has 17 nitrogen and oxygen atoms in total. The molecule has 62 heavy (non-hydrogen) atoms. The third kappa shape index (κ3) is 7.75. The Morgan fingerprint density at radius 3 is 2.40 bits per heavy atom. The Morgan fingerprint density at radius 2 is 1.69 bits per heavy atom. The number of nitrogens with zero attached hydrogens (tertiary/aromatic N) is 11. The number of allylic oxidation sites excluding steroid dienone is 1. The van der Waals surface area contributed by atoms with Gasteiger partial charge in [0.05, 0.1) is 17.9 Å². The highest BCUT2D eigenvalue weighted by atomic mass is 19.1. The van der Waals surface area contributed by atoms with Crippen molar-refractivity contribution in [1.82, 2.24) is 44.3 Å². The Labute approximate surface area is 357 Å². The van der Waals surface area contributed by atoms with Crippen LogP contribution in [0.2, 0.25) is 0 Å². The quantitative estimate of drug-likeness (QED) is 0.155. The molecule has 2 aromatic carbocycles. The summed E-state index contributed by atoms with van der Waals surface area (Å²) in [5, 5.41) is 21.6. The van der Waals surface area contributed by atoms with E-state index in [-0.39, 0.29) is 36.8 Å². The molecule has 4 aromatic heterocycles. The molecule has 3 saturated heterocycles. The van der Waals surface area contributed by atoms with E-state index in [1.54, 1.807) is 55.9 Å². The zero-order chi connectivity index (χ0) is 43.3. The third-order valence-corrected chi connectivity index (χ3v) is 12.1. The Morgan fingerprint density at radius 1 is 0.935 bits per heavy atom. The fraction of sp³-hybridized carbons (Fsp3) is 0.386. The van der Waals surface area contributed by atoms with E-state index in [9.17, 15) is 19.5 Å². The number of anilines is 5. The minimum Gasteiger partial charge on any atom is -0.384 e. The van der Waals surface area contributed by atoms with Gasteiger partial charge in [0.2, 0.25) is 11.9 Å². The number of hydrogen-bond acceptors (Lipinski definition) is 12. The van der Waals surface area contributed by atoms with E-state index < -0.39 is 11.6 Å². The van der Waals surface area contributed by atoms with Gasteiger partial charge in [0.1, 0.15) is 16.5 Å². The van der Waals surface area contributed by atoms with Gasteiger partial charge >= 0.3 is 6.03 Å². The van der Waals surface area contributed by atoms with Crippen LogP contribution in [0.15, 0.2) is 78.2 Å². The number of carbonyl (C=O) groups is 2. The second-order valence-corrected chi connectivity index (χ2v) is 16.7. The molecule has 3 aliphatic heterocycles. The van der Waals surface area contributed by atoms with Crippen molar-refractivity contribution in [3.8, 4) is 5.82 Å². The van der Waals surface area contributed by atoms with Gasteiger partial charge in [0, 0.05) is 88.8 Å². The van der Waals surface area contributed by atoms with Crippen LogP contribution in [0.1, 0.15) is 38.8 Å². The zero-order valence-corrected chi connectivity index (χ0v) is 35.1. The molecule has 3 amide bonds. The molecule has 0 radical (unpaired) electrons. The first-order valence-corrected chi connectivity index (χ1v) is 21.0. The van der Waals surface area contributed by atoms with Gasteiger partial charge in [-0.25, -0.2) is 28.5 Å². The van der Waals surface area contributed by atoms with Crippen molar-refractivity contribution >= 4 is 62.7 Å². The number of piperazine rings is 1. The summed E-state index contributed by atoms with van der Waals surface area (Å²) < 4.78 is 20.7. The smallest absolute Gasteiger partial charge is 0.329 e. The molecule has 9 rings (SSSR count). The SMILES string of the molecule is C=CCn1c(=O)c2cnc(Nc3ccc(N4CCN(CC5CCN(c6ccc7c(N8CCC(=O)NC8=O)nn(C)c7c6F)CC5)CC4)cc3)nc2n1-c1cccc(C(C)(C)O)n1. The number of carbonyl (C=O) groups excluding carboxylic acids is 2. The average molecular weight is 844 g/mol. The number of amides is 3. The van der Waals surface area contributed by atoms with Crippen LogP contribution in [0.25, 0.3) is 27.8 Å². The van der Waals surface area contributed by atoms with Crippen molar-refractivity contribution in [1.29, 1.82) is 0 Å². The first kappa shape index (κ1) is 40.7. The predicted octanol–water partition coefficient (Wildman–Crippen LogP) is 4.64. The van der Waals surface area contributed by atoms with Crippen molar-refractivity contribution in [2.24, 2.45) is 13.0 Å². The van der Waals surface area contributed by atoms with Crippen molar-refractivity contribution < 1.29 is 19.1 Å². The minimum atomic E-state index is -1.18. The van der Waals surface area contributed by atoms with Gasteiger partial charge in [-0.2, -0.15) is 10.1 Å². The van der Waals surface area contributed by atoms with Crippen molar-refractivity contribution in [3.63, 3.8) is 0 Å². The number of fused-ring (bicyclic) bond motifs is 2. The maximum atomic E-state index is 16.1. The highest BCUT2D eigenvalue weighted by Crippen LogP contribution is 2.35. The van der Waals surface area contributed by atoms with Crippen molar-refractivity contribution in [2.45, 2.75) is 45.3 Å². The molecule has 0 bridgehead atoms. The maximum absolute atomic E-state index is 16.1. The summed E-state index contributed by atoms with van der Waals surface area (Å²) >= 11 is 0. The van der Waals surface area contributed by atoms with Crippen molar-refractivity contribution in [3.05, 3.63) is 95.3 Å². The molecule has 3 aliphatic rings. The van der Waals surface area contributed by atoms with Crippen LogP contribution in [0.5, 0.6) is 0 Å². The molecule has 0 aliphatic carbocycles. The van der Waals surface area contributed by atoms with Gasteiger partial charge in [-0.15, -0.1) is 6.58 Å². The fourth-order valence-electron chi connectivity index (χ4n) is 8.79.